The number of rotatable bonds is 4. The molecule has 2 aliphatic rings. The lowest BCUT2D eigenvalue weighted by molar-refractivity contribution is -0.142. The number of amides is 1. The van der Waals surface area contributed by atoms with Crippen molar-refractivity contribution in [2.45, 2.75) is 0 Å². The van der Waals surface area contributed by atoms with Crippen LogP contribution in [0.25, 0.3) is 11.8 Å². The number of esters is 1. The average molecular weight is 345 g/mol. The molecule has 0 aliphatic carbocycles. The summed E-state index contributed by atoms with van der Waals surface area (Å²) in [7, 11) is 5.51. The maximum Gasteiger partial charge on any atom is 0.344 e. The van der Waals surface area contributed by atoms with Gasteiger partial charge in [-0.3, -0.25) is 14.5 Å². The first-order valence-corrected chi connectivity index (χ1v) is 7.22. The molecule has 2 aliphatic heterocycles. The Balaban J connectivity index is 2.39. The highest BCUT2D eigenvalue weighted by molar-refractivity contribution is 6.54. The molecular weight excluding hydrogens is 330 g/mol. The number of ketones is 1. The summed E-state index contributed by atoms with van der Waals surface area (Å²) >= 11 is 0. The van der Waals surface area contributed by atoms with Crippen LogP contribution in [0.3, 0.4) is 0 Å². The van der Waals surface area contributed by atoms with E-state index in [1.54, 1.807) is 12.1 Å². The lowest BCUT2D eigenvalue weighted by atomic mass is 9.96. The van der Waals surface area contributed by atoms with Crippen LogP contribution in [-0.2, 0) is 19.1 Å². The Kier molecular flexibility index (Phi) is 3.96. The van der Waals surface area contributed by atoms with Gasteiger partial charge in [0.2, 0.25) is 5.75 Å². The Hall–Kier alpha value is -3.29. The third kappa shape index (κ3) is 2.18. The molecule has 8 nitrogen and oxygen atoms in total. The second-order valence-corrected chi connectivity index (χ2v) is 5.14. The van der Waals surface area contributed by atoms with Crippen molar-refractivity contribution in [3.8, 4) is 17.2 Å². The van der Waals surface area contributed by atoms with Gasteiger partial charge in [0.1, 0.15) is 5.57 Å². The highest BCUT2D eigenvalue weighted by Crippen LogP contribution is 2.48. The fraction of sp³-hybridized carbons (Fsp3) is 0.235. The Morgan fingerprint density at radius 1 is 1.00 bits per heavy atom. The summed E-state index contributed by atoms with van der Waals surface area (Å²) in [4.78, 5) is 37.6. The Labute approximate surface area is 143 Å². The predicted octanol–water partition coefficient (Wildman–Crippen LogP) is 0.992. The van der Waals surface area contributed by atoms with Crippen LogP contribution in [0.4, 0.5) is 0 Å². The van der Waals surface area contributed by atoms with Gasteiger partial charge in [-0.05, 0) is 12.1 Å². The van der Waals surface area contributed by atoms with Crippen LogP contribution in [0.15, 0.2) is 17.8 Å². The molecule has 0 atom stereocenters. The second kappa shape index (κ2) is 5.97. The third-order valence-corrected chi connectivity index (χ3v) is 4.02. The number of methoxy groups -OCH3 is 4. The summed E-state index contributed by atoms with van der Waals surface area (Å²) in [5.41, 5.74) is 0.790. The molecule has 0 saturated carbocycles. The molecule has 0 aromatic heterocycles. The maximum absolute atomic E-state index is 12.2. The van der Waals surface area contributed by atoms with Gasteiger partial charge < -0.3 is 18.9 Å². The number of fused-ring (bicyclic) bond motifs is 3. The van der Waals surface area contributed by atoms with Crippen LogP contribution in [0.2, 0.25) is 0 Å². The lowest BCUT2D eigenvalue weighted by Crippen LogP contribution is -2.25. The topological polar surface area (TPSA) is 91.4 Å². The summed E-state index contributed by atoms with van der Waals surface area (Å²) in [6, 6.07) is 1.58. The predicted molar refractivity (Wildman–Crippen MR) is 85.9 cm³/mol. The molecule has 0 fully saturated rings. The van der Waals surface area contributed by atoms with E-state index in [1.807, 2.05) is 0 Å². The SMILES string of the molecule is COC(=O)C1=C2c3cc(OC)c(OC)c(OC)c3C=CN2C(=O)C1=O. The molecule has 1 aromatic carbocycles. The monoisotopic (exact) mass is 345 g/mol. The second-order valence-electron chi connectivity index (χ2n) is 5.14. The minimum Gasteiger partial charge on any atom is -0.493 e. The molecule has 1 amide bonds. The number of hydrogen-bond acceptors (Lipinski definition) is 7. The van der Waals surface area contributed by atoms with Gasteiger partial charge in [-0.25, -0.2) is 4.79 Å². The van der Waals surface area contributed by atoms with Crippen molar-refractivity contribution in [2.24, 2.45) is 0 Å². The third-order valence-electron chi connectivity index (χ3n) is 4.02. The summed E-state index contributed by atoms with van der Waals surface area (Å²) in [5.74, 6) is -1.59. The van der Waals surface area contributed by atoms with E-state index in [4.69, 9.17) is 14.2 Å². The first kappa shape index (κ1) is 16.6. The number of carbonyl (C=O) groups excluding carboxylic acids is 3. The highest BCUT2D eigenvalue weighted by atomic mass is 16.5. The van der Waals surface area contributed by atoms with Crippen molar-refractivity contribution < 1.29 is 33.3 Å². The van der Waals surface area contributed by atoms with E-state index in [1.165, 1.54) is 27.5 Å². The van der Waals surface area contributed by atoms with Gasteiger partial charge in [0.05, 0.1) is 34.1 Å². The summed E-state index contributed by atoms with van der Waals surface area (Å²) in [5, 5.41) is 0. The lowest BCUT2D eigenvalue weighted by Gasteiger charge is -2.25. The number of Topliss-reactive ketones (excluding diaryl/α,β-unsaturated/α-hetero) is 1. The van der Waals surface area contributed by atoms with Crippen molar-refractivity contribution in [3.05, 3.63) is 29.0 Å². The quantitative estimate of drug-likeness (QED) is 0.456. The Bertz CT molecular complexity index is 866. The largest absolute Gasteiger partial charge is 0.493 e. The molecule has 0 saturated heterocycles. The first-order valence-electron chi connectivity index (χ1n) is 7.22. The molecule has 25 heavy (non-hydrogen) atoms. The minimum atomic E-state index is -0.923. The van der Waals surface area contributed by atoms with Crippen LogP contribution >= 0.6 is 0 Å². The van der Waals surface area contributed by atoms with Gasteiger partial charge in [0.15, 0.2) is 11.5 Å². The summed E-state index contributed by atoms with van der Waals surface area (Å²) in [6.45, 7) is 0. The van der Waals surface area contributed by atoms with Crippen LogP contribution in [0, 0.1) is 0 Å². The molecule has 0 bridgehead atoms. The molecule has 3 rings (SSSR count). The molecule has 0 radical (unpaired) electrons. The molecule has 130 valence electrons. The zero-order chi connectivity index (χ0) is 18.3. The fourth-order valence-electron chi connectivity index (χ4n) is 2.93. The van der Waals surface area contributed by atoms with Crippen LogP contribution in [-0.4, -0.2) is 51.0 Å². The normalized spacial score (nSPS) is 15.1. The number of nitrogens with zero attached hydrogens (tertiary/aromatic N) is 1. The number of ether oxygens (including phenoxy) is 4. The van der Waals surface area contributed by atoms with Gasteiger partial charge in [0.25, 0.3) is 5.78 Å². The smallest absolute Gasteiger partial charge is 0.344 e. The average Bonchev–Trinajstić information content (AvgIpc) is 2.90. The van der Waals surface area contributed by atoms with Gasteiger partial charge in [-0.15, -0.1) is 0 Å². The number of benzene rings is 1. The van der Waals surface area contributed by atoms with E-state index in [0.29, 0.717) is 28.4 Å². The number of carbonyl (C=O) groups is 3. The van der Waals surface area contributed by atoms with E-state index in [0.717, 1.165) is 12.0 Å². The molecule has 0 N–H and O–H groups in total. The standard InChI is InChI=1S/C17H15NO7/c1-22-10-7-9-8(14(23-2)15(10)24-3)5-6-18-12(9)11(17(21)25-4)13(19)16(18)20/h5-7H,1-4H3. The van der Waals surface area contributed by atoms with E-state index in [2.05, 4.69) is 4.74 Å². The van der Waals surface area contributed by atoms with Crippen LogP contribution < -0.4 is 14.2 Å². The summed E-state index contributed by atoms with van der Waals surface area (Å²) in [6.07, 6.45) is 3.01. The highest BCUT2D eigenvalue weighted by Gasteiger charge is 2.45. The molecule has 0 unspecified atom stereocenters. The van der Waals surface area contributed by atoms with Gasteiger partial charge in [-0.2, -0.15) is 0 Å². The Morgan fingerprint density at radius 3 is 2.24 bits per heavy atom. The van der Waals surface area contributed by atoms with E-state index in [9.17, 15) is 14.4 Å². The van der Waals surface area contributed by atoms with E-state index in [-0.39, 0.29) is 11.3 Å². The molecule has 1 aromatic rings. The van der Waals surface area contributed by atoms with Gasteiger partial charge in [-0.1, -0.05) is 0 Å². The van der Waals surface area contributed by atoms with Gasteiger partial charge >= 0.3 is 11.9 Å². The molecule has 0 spiro atoms. The number of hydrogen-bond donors (Lipinski definition) is 0. The molecule has 2 heterocycles. The first-order chi connectivity index (χ1) is 12.0. The minimum absolute atomic E-state index is 0.138. The van der Waals surface area contributed by atoms with Crippen molar-refractivity contribution in [1.82, 2.24) is 4.90 Å². The van der Waals surface area contributed by atoms with Crippen molar-refractivity contribution in [3.63, 3.8) is 0 Å². The van der Waals surface area contributed by atoms with Crippen molar-refractivity contribution in [1.29, 1.82) is 0 Å². The zero-order valence-corrected chi connectivity index (χ0v) is 14.0. The van der Waals surface area contributed by atoms with Crippen LogP contribution in [0.1, 0.15) is 11.1 Å². The van der Waals surface area contributed by atoms with Crippen molar-refractivity contribution in [2.75, 3.05) is 28.4 Å². The van der Waals surface area contributed by atoms with E-state index < -0.39 is 17.7 Å². The van der Waals surface area contributed by atoms with Gasteiger partial charge in [0, 0.05) is 17.3 Å². The molecule has 8 heteroatoms. The zero-order valence-electron chi connectivity index (χ0n) is 14.0. The Morgan fingerprint density at radius 2 is 1.68 bits per heavy atom. The summed E-state index contributed by atoms with van der Waals surface area (Å²) < 4.78 is 20.7. The van der Waals surface area contributed by atoms with E-state index >= 15 is 0 Å². The maximum atomic E-state index is 12.2. The van der Waals surface area contributed by atoms with Crippen molar-refractivity contribution >= 4 is 29.4 Å². The fourth-order valence-corrected chi connectivity index (χ4v) is 2.93. The van der Waals surface area contributed by atoms with Crippen LogP contribution in [0.5, 0.6) is 17.2 Å². The molecular formula is C17H15NO7.